The van der Waals surface area contributed by atoms with E-state index in [-0.39, 0.29) is 16.6 Å². The number of likely N-dealkylation sites (tertiary alicyclic amines) is 1. The van der Waals surface area contributed by atoms with Crippen molar-refractivity contribution in [2.75, 3.05) is 13.1 Å². The van der Waals surface area contributed by atoms with Crippen molar-refractivity contribution in [3.8, 4) is 11.1 Å². The highest BCUT2D eigenvalue weighted by Crippen LogP contribution is 2.35. The number of alkyl halides is 5. The summed E-state index contributed by atoms with van der Waals surface area (Å²) < 4.78 is 80.6. The van der Waals surface area contributed by atoms with Crippen molar-refractivity contribution in [1.29, 1.82) is 0 Å². The lowest BCUT2D eigenvalue weighted by Gasteiger charge is -2.38. The fourth-order valence-corrected chi connectivity index (χ4v) is 3.22. The minimum Gasteiger partial charge on any atom is -0.329 e. The van der Waals surface area contributed by atoms with Crippen LogP contribution in [-0.4, -0.2) is 44.0 Å². The van der Waals surface area contributed by atoms with Crippen LogP contribution >= 0.6 is 0 Å². The first-order valence-electron chi connectivity index (χ1n) is 8.56. The predicted molar refractivity (Wildman–Crippen MR) is 91.4 cm³/mol. The summed E-state index contributed by atoms with van der Waals surface area (Å²) in [5.74, 6) is -5.12. The van der Waals surface area contributed by atoms with Crippen molar-refractivity contribution < 1.29 is 31.1 Å². The predicted octanol–water partition coefficient (Wildman–Crippen LogP) is 2.80. The van der Waals surface area contributed by atoms with Gasteiger partial charge in [0.2, 0.25) is 5.91 Å². The highest BCUT2D eigenvalue weighted by atomic mass is 19.4. The van der Waals surface area contributed by atoms with Gasteiger partial charge in [0.25, 0.3) is 11.5 Å². The van der Waals surface area contributed by atoms with Crippen molar-refractivity contribution >= 4 is 11.4 Å². The van der Waals surface area contributed by atoms with Gasteiger partial charge < -0.3 is 9.47 Å². The van der Waals surface area contributed by atoms with Gasteiger partial charge in [0, 0.05) is 18.0 Å². The summed E-state index contributed by atoms with van der Waals surface area (Å²) in [7, 11) is 0. The molecule has 1 aliphatic rings. The summed E-state index contributed by atoms with van der Waals surface area (Å²) in [6, 6.07) is 2.28. The Kier molecular flexibility index (Phi) is 4.40. The van der Waals surface area contributed by atoms with Gasteiger partial charge in [-0.15, -0.1) is 0 Å². The molecule has 1 aromatic carbocycles. The van der Waals surface area contributed by atoms with E-state index in [1.807, 2.05) is 0 Å². The van der Waals surface area contributed by atoms with Gasteiger partial charge in [0.1, 0.15) is 17.9 Å². The maximum atomic E-state index is 13.6. The zero-order valence-electron chi connectivity index (χ0n) is 15.0. The van der Waals surface area contributed by atoms with Gasteiger partial charge in [-0.05, 0) is 17.7 Å². The average molecular weight is 430 g/mol. The fourth-order valence-electron chi connectivity index (χ4n) is 3.22. The number of carbonyl (C=O) groups is 1. The smallest absolute Gasteiger partial charge is 0.329 e. The molecule has 0 atom stereocenters. The van der Waals surface area contributed by atoms with E-state index >= 15 is 0 Å². The van der Waals surface area contributed by atoms with Crippen LogP contribution in [0.3, 0.4) is 0 Å². The molecule has 4 rings (SSSR count). The van der Waals surface area contributed by atoms with Gasteiger partial charge in [0.15, 0.2) is 0 Å². The van der Waals surface area contributed by atoms with E-state index in [2.05, 4.69) is 5.10 Å². The monoisotopic (exact) mass is 430 g/mol. The molecule has 1 saturated heterocycles. The molecule has 6 nitrogen and oxygen atoms in total. The zero-order chi connectivity index (χ0) is 21.8. The van der Waals surface area contributed by atoms with Crippen LogP contribution in [-0.2, 0) is 17.5 Å². The van der Waals surface area contributed by atoms with Crippen molar-refractivity contribution in [2.24, 2.45) is 0 Å². The summed E-state index contributed by atoms with van der Waals surface area (Å²) in [5, 5.41) is 3.91. The van der Waals surface area contributed by atoms with Crippen molar-refractivity contribution in [2.45, 2.75) is 18.6 Å². The summed E-state index contributed by atoms with van der Waals surface area (Å²) in [5.41, 5.74) is -2.49. The van der Waals surface area contributed by atoms with E-state index in [9.17, 15) is 35.9 Å². The van der Waals surface area contributed by atoms with E-state index in [4.69, 9.17) is 0 Å². The molecule has 12 heteroatoms. The molecule has 1 amide bonds. The van der Waals surface area contributed by atoms with Gasteiger partial charge in [-0.1, -0.05) is 6.07 Å². The van der Waals surface area contributed by atoms with Gasteiger partial charge >= 0.3 is 6.18 Å². The van der Waals surface area contributed by atoms with Gasteiger partial charge in [0.05, 0.1) is 24.8 Å². The zero-order valence-corrected chi connectivity index (χ0v) is 15.0. The van der Waals surface area contributed by atoms with E-state index in [1.54, 1.807) is 0 Å². The molecule has 0 N–H and O–H groups in total. The Morgan fingerprint density at radius 3 is 2.50 bits per heavy atom. The van der Waals surface area contributed by atoms with Crippen LogP contribution in [0, 0.1) is 5.82 Å². The lowest BCUT2D eigenvalue weighted by molar-refractivity contribution is -0.166. The largest absolute Gasteiger partial charge is 0.419 e. The first-order chi connectivity index (χ1) is 14.0. The van der Waals surface area contributed by atoms with E-state index in [0.717, 1.165) is 26.2 Å². The van der Waals surface area contributed by atoms with Crippen molar-refractivity contribution in [1.82, 2.24) is 19.1 Å². The molecule has 0 bridgehead atoms. The molecule has 0 unspecified atom stereocenters. The lowest BCUT2D eigenvalue weighted by Crippen LogP contribution is -2.59. The number of hydrogen-bond donors (Lipinski definition) is 0. The Balaban J connectivity index is 1.73. The second-order valence-electron chi connectivity index (χ2n) is 6.88. The first kappa shape index (κ1) is 20.0. The van der Waals surface area contributed by atoms with Crippen LogP contribution in [0.4, 0.5) is 26.3 Å². The van der Waals surface area contributed by atoms with E-state index < -0.39 is 54.6 Å². The van der Waals surface area contributed by atoms with Gasteiger partial charge in [-0.2, -0.15) is 18.3 Å². The molecule has 2 aromatic heterocycles. The molecule has 30 heavy (non-hydrogen) atoms. The second-order valence-corrected chi connectivity index (χ2v) is 6.88. The normalized spacial score (nSPS) is 16.0. The van der Waals surface area contributed by atoms with Crippen molar-refractivity contribution in [3.05, 3.63) is 58.5 Å². The molecular formula is C18H12F6N4O2. The Bertz CT molecular complexity index is 1210. The summed E-state index contributed by atoms with van der Waals surface area (Å²) >= 11 is 0. The fraction of sp³-hybridized carbons (Fsp3) is 0.278. The third kappa shape index (κ3) is 3.42. The molecule has 0 saturated carbocycles. The van der Waals surface area contributed by atoms with Crippen LogP contribution in [0.25, 0.3) is 16.6 Å². The summed E-state index contributed by atoms with van der Waals surface area (Å²) in [6.45, 7) is -2.00. The molecule has 3 heterocycles. The third-order valence-corrected chi connectivity index (χ3v) is 4.73. The number of fused-ring (bicyclic) bond motifs is 1. The topological polar surface area (TPSA) is 59.6 Å². The van der Waals surface area contributed by atoms with Crippen LogP contribution in [0.5, 0.6) is 0 Å². The highest BCUT2D eigenvalue weighted by molar-refractivity contribution is 5.80. The second kappa shape index (κ2) is 6.61. The maximum Gasteiger partial charge on any atom is 0.419 e. The number of aromatic nitrogens is 3. The number of benzene rings is 1. The van der Waals surface area contributed by atoms with E-state index in [1.165, 1.54) is 12.4 Å². The summed E-state index contributed by atoms with van der Waals surface area (Å²) in [6.07, 6.45) is -1.28. The maximum absolute atomic E-state index is 13.6. The highest BCUT2D eigenvalue weighted by Gasteiger charge is 2.46. The van der Waals surface area contributed by atoms with E-state index in [0.29, 0.717) is 12.1 Å². The number of carbonyl (C=O) groups excluding carboxylic acids is 1. The van der Waals surface area contributed by atoms with Crippen LogP contribution in [0.15, 0.2) is 41.6 Å². The average Bonchev–Trinajstić information content (AvgIpc) is 3.06. The molecule has 1 aliphatic heterocycles. The number of nitrogens with zero attached hydrogens (tertiary/aromatic N) is 4. The molecule has 0 aliphatic carbocycles. The number of hydrogen-bond acceptors (Lipinski definition) is 3. The number of halogens is 6. The third-order valence-electron chi connectivity index (χ3n) is 4.73. The van der Waals surface area contributed by atoms with Gasteiger partial charge in [-0.3, -0.25) is 9.59 Å². The molecule has 3 aromatic rings. The van der Waals surface area contributed by atoms with Crippen LogP contribution in [0.2, 0.25) is 0 Å². The summed E-state index contributed by atoms with van der Waals surface area (Å²) in [4.78, 5) is 25.8. The number of rotatable bonds is 3. The van der Waals surface area contributed by atoms with Crippen LogP contribution < -0.4 is 5.56 Å². The first-order valence-corrected chi connectivity index (χ1v) is 8.56. The standard InChI is InChI=1S/C18H12F6N4O2/c19-13-2-1-10(5-12(13)18(22,23)24)11-6-25-28-4-3-26(16(30)15(11)28)7-14(29)27-8-17(20,21)9-27/h1-6H,7-9H2. The number of amides is 1. The minimum absolute atomic E-state index is 0.00258. The molecule has 158 valence electrons. The van der Waals surface area contributed by atoms with Crippen molar-refractivity contribution in [3.63, 3.8) is 0 Å². The molecular weight excluding hydrogens is 418 g/mol. The molecule has 0 spiro atoms. The Morgan fingerprint density at radius 2 is 1.87 bits per heavy atom. The SMILES string of the molecule is O=C(Cn1ccn2ncc(-c3ccc(F)c(C(F)(F)F)c3)c2c1=O)N1CC(F)(F)C1. The van der Waals surface area contributed by atoms with Crippen LogP contribution in [0.1, 0.15) is 5.56 Å². The quantitative estimate of drug-likeness (QED) is 0.601. The molecule has 1 fully saturated rings. The lowest BCUT2D eigenvalue weighted by atomic mass is 10.0. The Morgan fingerprint density at radius 1 is 1.17 bits per heavy atom. The Labute approximate surface area is 163 Å². The van der Waals surface area contributed by atoms with Gasteiger partial charge in [-0.25, -0.2) is 17.7 Å². The molecule has 0 radical (unpaired) electrons. The minimum atomic E-state index is -4.94. The Hall–Kier alpha value is -3.31.